The number of nitrogens with zero attached hydrogens (tertiary/aromatic N) is 2. The maximum absolute atomic E-state index is 13.1. The van der Waals surface area contributed by atoms with Crippen LogP contribution in [0.5, 0.6) is 0 Å². The minimum Gasteiger partial charge on any atom is -0.373 e. The Morgan fingerprint density at radius 1 is 1.07 bits per heavy atom. The Balaban J connectivity index is 0.00000205. The van der Waals surface area contributed by atoms with Crippen LogP contribution >= 0.6 is 12.4 Å². The zero-order valence-electron chi connectivity index (χ0n) is 16.3. The molecule has 7 atom stereocenters. The van der Waals surface area contributed by atoms with E-state index in [4.69, 9.17) is 10.5 Å². The van der Waals surface area contributed by atoms with Crippen LogP contribution in [-0.2, 0) is 19.1 Å². The maximum atomic E-state index is 13.1. The summed E-state index contributed by atoms with van der Waals surface area (Å²) in [6.07, 6.45) is 1.31. The van der Waals surface area contributed by atoms with E-state index in [0.29, 0.717) is 13.1 Å². The van der Waals surface area contributed by atoms with Gasteiger partial charge in [0, 0.05) is 25.0 Å². The zero-order chi connectivity index (χ0) is 19.6. The Kier molecular flexibility index (Phi) is 5.17. The number of amides is 3. The summed E-state index contributed by atoms with van der Waals surface area (Å²) in [7, 11) is 0. The Morgan fingerprint density at radius 3 is 2.24 bits per heavy atom. The highest BCUT2D eigenvalue weighted by atomic mass is 35.5. The molecule has 0 saturated carbocycles. The van der Waals surface area contributed by atoms with Gasteiger partial charge in [-0.25, -0.2) is 0 Å². The first kappa shape index (κ1) is 20.3. The van der Waals surface area contributed by atoms with E-state index < -0.39 is 17.9 Å². The fourth-order valence-corrected chi connectivity index (χ4v) is 5.55. The topological polar surface area (TPSA) is 92.9 Å². The van der Waals surface area contributed by atoms with E-state index in [1.807, 2.05) is 30.3 Å². The molecule has 5 rings (SSSR count). The molecule has 1 aromatic rings. The largest absolute Gasteiger partial charge is 0.373 e. The Bertz CT molecular complexity index is 806. The van der Waals surface area contributed by atoms with E-state index in [-0.39, 0.29) is 54.3 Å². The second-order valence-electron chi connectivity index (χ2n) is 8.49. The van der Waals surface area contributed by atoms with Crippen molar-refractivity contribution < 1.29 is 19.1 Å². The van der Waals surface area contributed by atoms with Crippen LogP contribution in [0.3, 0.4) is 0 Å². The molecule has 1 aromatic carbocycles. The number of hydrogen-bond donors (Lipinski definition) is 1. The normalized spacial score (nSPS) is 36.3. The van der Waals surface area contributed by atoms with Gasteiger partial charge in [0.2, 0.25) is 17.7 Å². The molecule has 3 amide bonds. The van der Waals surface area contributed by atoms with Gasteiger partial charge in [0.05, 0.1) is 24.0 Å². The number of rotatable bonds is 3. The van der Waals surface area contributed by atoms with Gasteiger partial charge in [-0.15, -0.1) is 12.4 Å². The van der Waals surface area contributed by atoms with Crippen molar-refractivity contribution in [2.75, 3.05) is 13.1 Å². The Morgan fingerprint density at radius 2 is 1.66 bits per heavy atom. The van der Waals surface area contributed by atoms with Crippen molar-refractivity contribution in [2.24, 2.45) is 17.6 Å². The number of hydrogen-bond acceptors (Lipinski definition) is 5. The van der Waals surface area contributed by atoms with E-state index in [1.54, 1.807) is 11.8 Å². The molecule has 0 aliphatic carbocycles. The number of benzene rings is 1. The van der Waals surface area contributed by atoms with Crippen molar-refractivity contribution in [2.45, 2.75) is 50.0 Å². The summed E-state index contributed by atoms with van der Waals surface area (Å²) in [6.45, 7) is 2.59. The molecule has 156 valence electrons. The van der Waals surface area contributed by atoms with Crippen molar-refractivity contribution in [3.05, 3.63) is 35.9 Å². The highest BCUT2D eigenvalue weighted by Gasteiger charge is 2.63. The minimum atomic E-state index is -0.799. The van der Waals surface area contributed by atoms with Gasteiger partial charge in [-0.1, -0.05) is 30.3 Å². The van der Waals surface area contributed by atoms with Gasteiger partial charge in [-0.2, -0.15) is 0 Å². The van der Waals surface area contributed by atoms with Gasteiger partial charge in [0.25, 0.3) is 0 Å². The molecule has 0 radical (unpaired) electrons. The monoisotopic (exact) mass is 419 g/mol. The van der Waals surface area contributed by atoms with Gasteiger partial charge in [-0.3, -0.25) is 19.3 Å². The smallest absolute Gasteiger partial charge is 0.245 e. The minimum absolute atomic E-state index is 0. The first-order chi connectivity index (χ1) is 13.5. The van der Waals surface area contributed by atoms with Crippen molar-refractivity contribution in [3.63, 3.8) is 0 Å². The summed E-state index contributed by atoms with van der Waals surface area (Å²) in [4.78, 5) is 41.9. The second kappa shape index (κ2) is 7.38. The lowest BCUT2D eigenvalue weighted by molar-refractivity contribution is -0.152. The van der Waals surface area contributed by atoms with Gasteiger partial charge in [0.15, 0.2) is 0 Å². The Labute approximate surface area is 175 Å². The van der Waals surface area contributed by atoms with Crippen LogP contribution in [-0.4, -0.2) is 64.9 Å². The lowest BCUT2D eigenvalue weighted by Crippen LogP contribution is -2.50. The third-order valence-electron chi connectivity index (χ3n) is 6.97. The number of ether oxygens (including phenoxy) is 1. The maximum Gasteiger partial charge on any atom is 0.245 e. The van der Waals surface area contributed by atoms with Crippen molar-refractivity contribution >= 4 is 30.1 Å². The summed E-state index contributed by atoms with van der Waals surface area (Å²) in [6, 6.07) is 8.96. The molecule has 2 N–H and O–H groups in total. The van der Waals surface area contributed by atoms with Crippen molar-refractivity contribution in [1.82, 2.24) is 9.80 Å². The molecule has 4 aliphatic rings. The molecule has 4 aliphatic heterocycles. The molecule has 8 heteroatoms. The highest BCUT2D eigenvalue weighted by molar-refractivity contribution is 6.09. The number of halogens is 1. The van der Waals surface area contributed by atoms with E-state index in [9.17, 15) is 14.4 Å². The predicted octanol–water partition coefficient (Wildman–Crippen LogP) is 0.912. The lowest BCUT2D eigenvalue weighted by Gasteiger charge is -2.28. The number of carbonyl (C=O) groups excluding carboxylic acids is 3. The molecule has 0 aromatic heterocycles. The summed E-state index contributed by atoms with van der Waals surface area (Å²) in [5.74, 6) is -1.44. The SMILES string of the molecule is CC(C(=O)N1C[C@@H](N)[C@H](c2ccccc2)C1)N1C(=O)C2C3CCC(O3)C2C1=O.Cl. The second-order valence-corrected chi connectivity index (χ2v) is 8.49. The lowest BCUT2D eigenvalue weighted by atomic mass is 9.81. The molecule has 4 saturated heterocycles. The van der Waals surface area contributed by atoms with E-state index in [2.05, 4.69) is 0 Å². The fraction of sp³-hybridized carbons (Fsp3) is 0.571. The van der Waals surface area contributed by atoms with Crippen LogP contribution < -0.4 is 5.73 Å². The summed E-state index contributed by atoms with van der Waals surface area (Å²) in [5, 5.41) is 0. The van der Waals surface area contributed by atoms with Crippen LogP contribution in [0.25, 0.3) is 0 Å². The standard InChI is InChI=1S/C21H25N3O4.ClH/c1-11(24-20(26)17-15-7-8-16(28-15)18(17)21(24)27)19(25)23-9-13(14(22)10-23)12-5-3-2-4-6-12;/h2-6,11,13-18H,7-10,22H2,1H3;1H/t11?,13-,14+,15?,16?,17?,18?;/m0./s1. The number of fused-ring (bicyclic) bond motifs is 5. The van der Waals surface area contributed by atoms with Crippen molar-refractivity contribution in [1.29, 1.82) is 0 Å². The van der Waals surface area contributed by atoms with Crippen LogP contribution in [0.1, 0.15) is 31.2 Å². The molecule has 7 nitrogen and oxygen atoms in total. The van der Waals surface area contributed by atoms with E-state index in [0.717, 1.165) is 18.4 Å². The molecule has 4 fully saturated rings. The molecule has 29 heavy (non-hydrogen) atoms. The Hall–Kier alpha value is -1.96. The van der Waals surface area contributed by atoms with Gasteiger partial charge in [-0.05, 0) is 25.3 Å². The fourth-order valence-electron chi connectivity index (χ4n) is 5.55. The first-order valence-electron chi connectivity index (χ1n) is 10.1. The van der Waals surface area contributed by atoms with Crippen LogP contribution in [0.4, 0.5) is 0 Å². The van der Waals surface area contributed by atoms with Crippen LogP contribution in [0.15, 0.2) is 30.3 Å². The summed E-state index contributed by atoms with van der Waals surface area (Å²) >= 11 is 0. The molecular formula is C21H26ClN3O4. The third kappa shape index (κ3) is 2.98. The average Bonchev–Trinajstić information content (AvgIpc) is 3.45. The zero-order valence-corrected chi connectivity index (χ0v) is 17.1. The van der Waals surface area contributed by atoms with Crippen LogP contribution in [0, 0.1) is 11.8 Å². The van der Waals surface area contributed by atoms with Gasteiger partial charge in [0.1, 0.15) is 6.04 Å². The quantitative estimate of drug-likeness (QED) is 0.735. The molecular weight excluding hydrogens is 394 g/mol. The molecule has 5 unspecified atom stereocenters. The average molecular weight is 420 g/mol. The van der Waals surface area contributed by atoms with Crippen LogP contribution in [0.2, 0.25) is 0 Å². The van der Waals surface area contributed by atoms with Gasteiger partial charge >= 0.3 is 0 Å². The first-order valence-corrected chi connectivity index (χ1v) is 10.1. The summed E-state index contributed by atoms with van der Waals surface area (Å²) < 4.78 is 5.77. The molecule has 0 spiro atoms. The number of carbonyl (C=O) groups is 3. The summed E-state index contributed by atoms with van der Waals surface area (Å²) in [5.41, 5.74) is 7.41. The van der Waals surface area contributed by atoms with Crippen molar-refractivity contribution in [3.8, 4) is 0 Å². The molecule has 2 bridgehead atoms. The third-order valence-corrected chi connectivity index (χ3v) is 6.97. The number of nitrogens with two attached hydrogens (primary N) is 1. The van der Waals surface area contributed by atoms with Gasteiger partial charge < -0.3 is 15.4 Å². The number of imide groups is 1. The predicted molar refractivity (Wildman–Crippen MR) is 107 cm³/mol. The molecule has 4 heterocycles. The number of likely N-dealkylation sites (tertiary alicyclic amines) is 2. The highest BCUT2D eigenvalue weighted by Crippen LogP contribution is 2.49. The van der Waals surface area contributed by atoms with E-state index >= 15 is 0 Å². The van der Waals surface area contributed by atoms with E-state index in [1.165, 1.54) is 4.90 Å².